The largest absolute Gasteiger partial charge is 0.440 e. The van der Waals surface area contributed by atoms with Crippen LogP contribution in [0.5, 0.6) is 0 Å². The van der Waals surface area contributed by atoms with Crippen LogP contribution in [0, 0.1) is 20.2 Å². The van der Waals surface area contributed by atoms with E-state index in [0.717, 1.165) is 0 Å². The van der Waals surface area contributed by atoms with Gasteiger partial charge >= 0.3 is 0 Å². The standard InChI is InChI=1S/C15H8N4O6/c20-18(21)8-1-3-10-12(5-8)24-14(16-10)7-15-17-11-4-2-9(19(22)23)6-13(11)25-15/h1-6H,7H2. The molecule has 0 spiro atoms. The zero-order chi connectivity index (χ0) is 17.6. The predicted molar refractivity (Wildman–Crippen MR) is 84.1 cm³/mol. The van der Waals surface area contributed by atoms with Gasteiger partial charge in [0.05, 0.1) is 22.0 Å². The van der Waals surface area contributed by atoms with Gasteiger partial charge in [-0.25, -0.2) is 9.97 Å². The number of hydrogen-bond acceptors (Lipinski definition) is 8. The third-order valence-electron chi connectivity index (χ3n) is 3.56. The highest BCUT2D eigenvalue weighted by atomic mass is 16.6. The van der Waals surface area contributed by atoms with Crippen molar-refractivity contribution in [2.24, 2.45) is 0 Å². The summed E-state index contributed by atoms with van der Waals surface area (Å²) in [4.78, 5) is 29.0. The second kappa shape index (κ2) is 5.37. The maximum atomic E-state index is 10.8. The highest BCUT2D eigenvalue weighted by molar-refractivity contribution is 5.76. The first-order valence-electron chi connectivity index (χ1n) is 7.07. The van der Waals surface area contributed by atoms with Crippen molar-refractivity contribution < 1.29 is 18.7 Å². The fourth-order valence-electron chi connectivity index (χ4n) is 2.43. The van der Waals surface area contributed by atoms with E-state index in [1.807, 2.05) is 0 Å². The van der Waals surface area contributed by atoms with Gasteiger partial charge in [-0.1, -0.05) is 0 Å². The highest BCUT2D eigenvalue weighted by Crippen LogP contribution is 2.25. The predicted octanol–water partition coefficient (Wildman–Crippen LogP) is 3.38. The highest BCUT2D eigenvalue weighted by Gasteiger charge is 2.16. The van der Waals surface area contributed by atoms with Crippen LogP contribution < -0.4 is 0 Å². The Hall–Kier alpha value is -3.82. The molecule has 0 unspecified atom stereocenters. The molecule has 25 heavy (non-hydrogen) atoms. The topological polar surface area (TPSA) is 138 Å². The molecular weight excluding hydrogens is 332 g/mol. The Labute approximate surface area is 138 Å². The zero-order valence-corrected chi connectivity index (χ0v) is 12.4. The number of rotatable bonds is 4. The Morgan fingerprint density at radius 3 is 1.64 bits per heavy atom. The van der Waals surface area contributed by atoms with E-state index in [-0.39, 0.29) is 40.7 Å². The van der Waals surface area contributed by atoms with Crippen molar-refractivity contribution in [2.75, 3.05) is 0 Å². The number of non-ortho nitro benzene ring substituents is 2. The smallest absolute Gasteiger partial charge is 0.273 e. The van der Waals surface area contributed by atoms with Crippen LogP contribution in [0.1, 0.15) is 11.8 Å². The van der Waals surface area contributed by atoms with Gasteiger partial charge in [-0.05, 0) is 12.1 Å². The Bertz CT molecular complexity index is 1060. The van der Waals surface area contributed by atoms with E-state index in [9.17, 15) is 20.2 Å². The molecule has 10 heteroatoms. The first-order valence-corrected chi connectivity index (χ1v) is 7.07. The van der Waals surface area contributed by atoms with Crippen LogP contribution in [-0.2, 0) is 6.42 Å². The van der Waals surface area contributed by atoms with Crippen LogP contribution in [0.25, 0.3) is 22.2 Å². The summed E-state index contributed by atoms with van der Waals surface area (Å²) in [5, 5.41) is 21.6. The third-order valence-corrected chi connectivity index (χ3v) is 3.56. The second-order valence-corrected chi connectivity index (χ2v) is 5.21. The minimum atomic E-state index is -0.519. The molecule has 0 fully saturated rings. The first kappa shape index (κ1) is 14.8. The van der Waals surface area contributed by atoms with Crippen LogP contribution in [0.4, 0.5) is 11.4 Å². The summed E-state index contributed by atoms with van der Waals surface area (Å²) in [6.45, 7) is 0. The lowest BCUT2D eigenvalue weighted by atomic mass is 10.3. The van der Waals surface area contributed by atoms with E-state index in [1.54, 1.807) is 0 Å². The van der Waals surface area contributed by atoms with Gasteiger partial charge in [0.2, 0.25) is 11.8 Å². The summed E-state index contributed by atoms with van der Waals surface area (Å²) in [6.07, 6.45) is 0.116. The van der Waals surface area contributed by atoms with Gasteiger partial charge in [-0.15, -0.1) is 0 Å². The molecule has 0 amide bonds. The molecule has 0 radical (unpaired) electrons. The first-order chi connectivity index (χ1) is 12.0. The molecule has 0 atom stereocenters. The normalized spacial score (nSPS) is 11.2. The van der Waals surface area contributed by atoms with Crippen molar-refractivity contribution in [3.05, 3.63) is 68.4 Å². The fourth-order valence-corrected chi connectivity index (χ4v) is 2.43. The summed E-state index contributed by atoms with van der Waals surface area (Å²) in [5.74, 6) is 0.549. The molecule has 0 aliphatic heterocycles. The van der Waals surface area contributed by atoms with Crippen LogP contribution in [-0.4, -0.2) is 19.8 Å². The zero-order valence-electron chi connectivity index (χ0n) is 12.4. The van der Waals surface area contributed by atoms with Gasteiger partial charge in [-0.3, -0.25) is 20.2 Å². The molecule has 10 nitrogen and oxygen atoms in total. The molecule has 0 saturated heterocycles. The van der Waals surface area contributed by atoms with Crippen molar-refractivity contribution in [3.63, 3.8) is 0 Å². The maximum absolute atomic E-state index is 10.8. The quantitative estimate of drug-likeness (QED) is 0.407. The third kappa shape index (κ3) is 2.65. The van der Waals surface area contributed by atoms with Crippen LogP contribution >= 0.6 is 0 Å². The summed E-state index contributed by atoms with van der Waals surface area (Å²) >= 11 is 0. The summed E-state index contributed by atoms with van der Waals surface area (Å²) in [6, 6.07) is 8.26. The maximum Gasteiger partial charge on any atom is 0.273 e. The van der Waals surface area contributed by atoms with Gasteiger partial charge in [0, 0.05) is 12.1 Å². The Morgan fingerprint density at radius 1 is 0.800 bits per heavy atom. The molecule has 4 aromatic rings. The number of benzene rings is 2. The number of hydrogen-bond donors (Lipinski definition) is 0. The number of nitro groups is 2. The van der Waals surface area contributed by atoms with Crippen molar-refractivity contribution in [1.82, 2.24) is 9.97 Å². The average molecular weight is 340 g/mol. The van der Waals surface area contributed by atoms with E-state index in [0.29, 0.717) is 11.0 Å². The molecule has 124 valence electrons. The molecule has 2 aromatic carbocycles. The van der Waals surface area contributed by atoms with Crippen molar-refractivity contribution >= 4 is 33.6 Å². The van der Waals surface area contributed by atoms with Crippen LogP contribution in [0.2, 0.25) is 0 Å². The molecular formula is C15H8N4O6. The fraction of sp³-hybridized carbons (Fsp3) is 0.0667. The SMILES string of the molecule is O=[N+]([O-])c1ccc2nc(Cc3nc4ccc([N+](=O)[O-])cc4o3)oc2c1. The Balaban J connectivity index is 1.67. The van der Waals surface area contributed by atoms with E-state index in [2.05, 4.69) is 9.97 Å². The van der Waals surface area contributed by atoms with Gasteiger partial charge in [0.15, 0.2) is 11.2 Å². The average Bonchev–Trinajstić information content (AvgIpc) is 3.15. The van der Waals surface area contributed by atoms with E-state index in [4.69, 9.17) is 8.83 Å². The lowest BCUT2D eigenvalue weighted by Crippen LogP contribution is -1.87. The summed E-state index contributed by atoms with van der Waals surface area (Å²) in [5.41, 5.74) is 1.35. The monoisotopic (exact) mass is 340 g/mol. The van der Waals surface area contributed by atoms with Gasteiger partial charge in [0.25, 0.3) is 11.4 Å². The number of aromatic nitrogens is 2. The molecule has 0 bridgehead atoms. The minimum Gasteiger partial charge on any atom is -0.440 e. The van der Waals surface area contributed by atoms with Crippen LogP contribution in [0.3, 0.4) is 0 Å². The summed E-state index contributed by atoms with van der Waals surface area (Å²) < 4.78 is 11.0. The van der Waals surface area contributed by atoms with E-state index < -0.39 is 9.85 Å². The lowest BCUT2D eigenvalue weighted by Gasteiger charge is -1.89. The molecule has 0 N–H and O–H groups in total. The molecule has 2 heterocycles. The number of nitrogens with zero attached hydrogens (tertiary/aromatic N) is 4. The Kier molecular flexibility index (Phi) is 3.17. The molecule has 0 saturated carbocycles. The van der Waals surface area contributed by atoms with Crippen LogP contribution in [0.15, 0.2) is 45.2 Å². The van der Waals surface area contributed by atoms with Crippen molar-refractivity contribution in [3.8, 4) is 0 Å². The van der Waals surface area contributed by atoms with Gasteiger partial charge in [0.1, 0.15) is 17.5 Å². The summed E-state index contributed by atoms with van der Waals surface area (Å²) in [7, 11) is 0. The van der Waals surface area contributed by atoms with E-state index in [1.165, 1.54) is 36.4 Å². The molecule has 0 aliphatic rings. The molecule has 2 aromatic heterocycles. The second-order valence-electron chi connectivity index (χ2n) is 5.21. The van der Waals surface area contributed by atoms with Gasteiger partial charge in [-0.2, -0.15) is 0 Å². The van der Waals surface area contributed by atoms with E-state index >= 15 is 0 Å². The number of oxazole rings is 2. The Morgan fingerprint density at radius 2 is 1.24 bits per heavy atom. The molecule has 0 aliphatic carbocycles. The van der Waals surface area contributed by atoms with Crippen molar-refractivity contribution in [1.29, 1.82) is 0 Å². The lowest BCUT2D eigenvalue weighted by molar-refractivity contribution is -0.384. The molecule has 4 rings (SSSR count). The van der Waals surface area contributed by atoms with Gasteiger partial charge < -0.3 is 8.83 Å². The minimum absolute atomic E-state index is 0.0932. The number of fused-ring (bicyclic) bond motifs is 2. The number of nitro benzene ring substituents is 2. The van der Waals surface area contributed by atoms with Crippen molar-refractivity contribution in [2.45, 2.75) is 6.42 Å².